The second-order valence-corrected chi connectivity index (χ2v) is 8.51. The van der Waals surface area contributed by atoms with E-state index in [0.29, 0.717) is 19.0 Å². The van der Waals surface area contributed by atoms with Gasteiger partial charge in [-0.2, -0.15) is 0 Å². The Morgan fingerprint density at radius 1 is 1.12 bits per heavy atom. The first kappa shape index (κ1) is 16.1. The standard InChI is InChI=1S/C19H22BrNO3/c20-14-6-4-13(5-7-14)19(8-1-9-19)18(24)21-10-15(12-2-3-12)16(11-21)17(22)23/h4-7,12,15-16H,1-3,8-11H2,(H,22,23)/t15-,16+/m1/s1. The summed E-state index contributed by atoms with van der Waals surface area (Å²) in [5.41, 5.74) is 0.644. The van der Waals surface area contributed by atoms with E-state index in [1.54, 1.807) is 0 Å². The molecule has 1 amide bonds. The molecular formula is C19H22BrNO3. The normalized spacial score (nSPS) is 28.5. The predicted molar refractivity (Wildman–Crippen MR) is 93.6 cm³/mol. The van der Waals surface area contributed by atoms with Crippen molar-refractivity contribution in [2.45, 2.75) is 37.5 Å². The van der Waals surface area contributed by atoms with Gasteiger partial charge in [-0.25, -0.2) is 0 Å². The van der Waals surface area contributed by atoms with Gasteiger partial charge in [-0.05, 0) is 55.2 Å². The molecule has 2 saturated carbocycles. The maximum atomic E-state index is 13.3. The van der Waals surface area contributed by atoms with Gasteiger partial charge in [0, 0.05) is 17.6 Å². The number of carboxylic acids is 1. The summed E-state index contributed by atoms with van der Waals surface area (Å²) >= 11 is 3.45. The Bertz CT molecular complexity index is 664. The summed E-state index contributed by atoms with van der Waals surface area (Å²) in [5.74, 6) is -0.329. The number of benzene rings is 1. The van der Waals surface area contributed by atoms with Gasteiger partial charge in [-0.15, -0.1) is 0 Å². The van der Waals surface area contributed by atoms with Crippen molar-refractivity contribution in [2.75, 3.05) is 13.1 Å². The predicted octanol–water partition coefficient (Wildman–Crippen LogP) is 3.44. The van der Waals surface area contributed by atoms with E-state index in [-0.39, 0.29) is 17.7 Å². The van der Waals surface area contributed by atoms with Crippen LogP contribution in [0.25, 0.3) is 0 Å². The minimum atomic E-state index is -0.742. The van der Waals surface area contributed by atoms with Gasteiger partial charge in [-0.1, -0.05) is 34.5 Å². The lowest BCUT2D eigenvalue weighted by molar-refractivity contribution is -0.143. The molecule has 0 radical (unpaired) electrons. The molecule has 1 aromatic carbocycles. The van der Waals surface area contributed by atoms with Crippen LogP contribution in [0.3, 0.4) is 0 Å². The van der Waals surface area contributed by atoms with Crippen LogP contribution in [0.15, 0.2) is 28.7 Å². The molecule has 0 aromatic heterocycles. The average Bonchev–Trinajstić information content (AvgIpc) is 3.26. The fourth-order valence-electron chi connectivity index (χ4n) is 4.49. The van der Waals surface area contributed by atoms with Crippen LogP contribution in [0.4, 0.5) is 0 Å². The number of halogens is 1. The first-order chi connectivity index (χ1) is 11.5. The van der Waals surface area contributed by atoms with Crippen LogP contribution in [-0.4, -0.2) is 35.0 Å². The monoisotopic (exact) mass is 391 g/mol. The highest BCUT2D eigenvalue weighted by molar-refractivity contribution is 9.10. The second-order valence-electron chi connectivity index (χ2n) is 7.60. The van der Waals surface area contributed by atoms with Crippen molar-refractivity contribution in [3.05, 3.63) is 34.3 Å². The fourth-order valence-corrected chi connectivity index (χ4v) is 4.75. The van der Waals surface area contributed by atoms with Crippen molar-refractivity contribution in [3.63, 3.8) is 0 Å². The van der Waals surface area contributed by atoms with Gasteiger partial charge < -0.3 is 10.0 Å². The minimum absolute atomic E-state index is 0.144. The number of rotatable bonds is 4. The molecule has 24 heavy (non-hydrogen) atoms. The average molecular weight is 392 g/mol. The first-order valence-corrected chi connectivity index (χ1v) is 9.59. The highest BCUT2D eigenvalue weighted by Crippen LogP contribution is 2.49. The Labute approximate surface area is 150 Å². The molecule has 1 aliphatic heterocycles. The van der Waals surface area contributed by atoms with Crippen LogP contribution in [0, 0.1) is 17.8 Å². The summed E-state index contributed by atoms with van der Waals surface area (Å²) in [4.78, 5) is 26.8. The molecular weight excluding hydrogens is 370 g/mol. The topological polar surface area (TPSA) is 57.6 Å². The van der Waals surface area contributed by atoms with Gasteiger partial charge in [0.25, 0.3) is 0 Å². The summed E-state index contributed by atoms with van der Waals surface area (Å²) in [6.45, 7) is 1.01. The van der Waals surface area contributed by atoms with E-state index >= 15 is 0 Å². The maximum Gasteiger partial charge on any atom is 0.308 e. The van der Waals surface area contributed by atoms with Crippen LogP contribution in [0.5, 0.6) is 0 Å². The molecule has 0 spiro atoms. The summed E-state index contributed by atoms with van der Waals surface area (Å²) in [5, 5.41) is 9.54. The van der Waals surface area contributed by atoms with Crippen LogP contribution in [-0.2, 0) is 15.0 Å². The van der Waals surface area contributed by atoms with Gasteiger partial charge >= 0.3 is 5.97 Å². The summed E-state index contributed by atoms with van der Waals surface area (Å²) < 4.78 is 1.01. The van der Waals surface area contributed by atoms with Crippen molar-refractivity contribution in [3.8, 4) is 0 Å². The van der Waals surface area contributed by atoms with E-state index in [2.05, 4.69) is 15.9 Å². The Morgan fingerprint density at radius 3 is 2.29 bits per heavy atom. The van der Waals surface area contributed by atoms with Gasteiger partial charge in [0.2, 0.25) is 5.91 Å². The number of nitrogens with zero attached hydrogens (tertiary/aromatic N) is 1. The largest absolute Gasteiger partial charge is 0.481 e. The Hall–Kier alpha value is -1.36. The van der Waals surface area contributed by atoms with Crippen LogP contribution >= 0.6 is 15.9 Å². The van der Waals surface area contributed by atoms with E-state index in [1.807, 2.05) is 29.2 Å². The Balaban J connectivity index is 1.58. The van der Waals surface area contributed by atoms with Crippen molar-refractivity contribution >= 4 is 27.8 Å². The zero-order chi connectivity index (χ0) is 16.9. The van der Waals surface area contributed by atoms with Crippen LogP contribution < -0.4 is 0 Å². The number of carbonyl (C=O) groups excluding carboxylic acids is 1. The second kappa shape index (κ2) is 5.87. The van der Waals surface area contributed by atoms with E-state index in [9.17, 15) is 14.7 Å². The van der Waals surface area contributed by atoms with Crippen LogP contribution in [0.2, 0.25) is 0 Å². The number of aliphatic carboxylic acids is 1. The molecule has 4 nitrogen and oxygen atoms in total. The summed E-state index contributed by atoms with van der Waals surface area (Å²) in [6, 6.07) is 8.04. The molecule has 2 atom stereocenters. The van der Waals surface area contributed by atoms with Gasteiger partial charge in [0.05, 0.1) is 11.3 Å². The van der Waals surface area contributed by atoms with Crippen LogP contribution in [0.1, 0.15) is 37.7 Å². The molecule has 0 bridgehead atoms. The Kier molecular flexibility index (Phi) is 3.94. The molecule has 128 valence electrons. The van der Waals surface area contributed by atoms with Gasteiger partial charge in [0.15, 0.2) is 0 Å². The number of amides is 1. The molecule has 1 saturated heterocycles. The third kappa shape index (κ3) is 2.57. The first-order valence-electron chi connectivity index (χ1n) is 8.79. The highest BCUT2D eigenvalue weighted by Gasteiger charge is 2.53. The molecule has 2 aliphatic carbocycles. The number of likely N-dealkylation sites (tertiary alicyclic amines) is 1. The minimum Gasteiger partial charge on any atom is -0.481 e. The zero-order valence-corrected chi connectivity index (χ0v) is 15.2. The molecule has 1 heterocycles. The van der Waals surface area contributed by atoms with E-state index < -0.39 is 11.4 Å². The van der Waals surface area contributed by atoms with Crippen molar-refractivity contribution in [2.24, 2.45) is 17.8 Å². The Morgan fingerprint density at radius 2 is 1.79 bits per heavy atom. The molecule has 0 unspecified atom stereocenters. The van der Waals surface area contributed by atoms with Crippen molar-refractivity contribution in [1.29, 1.82) is 0 Å². The number of hydrogen-bond acceptors (Lipinski definition) is 2. The zero-order valence-electron chi connectivity index (χ0n) is 13.6. The smallest absolute Gasteiger partial charge is 0.308 e. The summed E-state index contributed by atoms with van der Waals surface area (Å²) in [6.07, 6.45) is 5.04. The van der Waals surface area contributed by atoms with Gasteiger partial charge in [0.1, 0.15) is 0 Å². The van der Waals surface area contributed by atoms with Crippen molar-refractivity contribution in [1.82, 2.24) is 4.90 Å². The summed E-state index contributed by atoms with van der Waals surface area (Å²) in [7, 11) is 0. The lowest BCUT2D eigenvalue weighted by Gasteiger charge is -2.43. The molecule has 1 aromatic rings. The molecule has 1 N–H and O–H groups in total. The molecule has 3 fully saturated rings. The maximum absolute atomic E-state index is 13.3. The van der Waals surface area contributed by atoms with Gasteiger partial charge in [-0.3, -0.25) is 9.59 Å². The lowest BCUT2D eigenvalue weighted by Crippen LogP contribution is -2.50. The quantitative estimate of drug-likeness (QED) is 0.854. The third-order valence-corrected chi connectivity index (χ3v) is 6.74. The lowest BCUT2D eigenvalue weighted by atomic mass is 9.63. The highest BCUT2D eigenvalue weighted by atomic mass is 79.9. The molecule has 3 aliphatic rings. The SMILES string of the molecule is O=C(O)[C@H]1CN(C(=O)C2(c3ccc(Br)cc3)CCC2)C[C@@H]1C1CC1. The number of hydrogen-bond donors (Lipinski definition) is 1. The number of carboxylic acid groups (broad SMARTS) is 1. The molecule has 4 rings (SSSR count). The van der Waals surface area contributed by atoms with E-state index in [1.165, 1.54) is 0 Å². The molecule has 5 heteroatoms. The van der Waals surface area contributed by atoms with E-state index in [0.717, 1.165) is 42.1 Å². The van der Waals surface area contributed by atoms with Crippen molar-refractivity contribution < 1.29 is 14.7 Å². The van der Waals surface area contributed by atoms with E-state index in [4.69, 9.17) is 0 Å². The number of carbonyl (C=O) groups is 2. The fraction of sp³-hybridized carbons (Fsp3) is 0.579. The third-order valence-electron chi connectivity index (χ3n) is 6.21.